The molecule has 108 valence electrons. The molecule has 1 rings (SSSR count). The second kappa shape index (κ2) is 9.55. The van der Waals surface area contributed by atoms with Gasteiger partial charge in [0.25, 0.3) is 0 Å². The first-order chi connectivity index (χ1) is 9.22. The van der Waals surface area contributed by atoms with Gasteiger partial charge in [-0.3, -0.25) is 9.59 Å². The first-order valence-corrected chi connectivity index (χ1v) is 6.92. The number of rotatable bonds is 8. The smallest absolute Gasteiger partial charge is 0.229 e. The van der Waals surface area contributed by atoms with Crippen molar-refractivity contribution in [2.24, 2.45) is 0 Å². The zero-order chi connectivity index (χ0) is 13.9. The van der Waals surface area contributed by atoms with Gasteiger partial charge in [-0.25, -0.2) is 0 Å². The van der Waals surface area contributed by atoms with Crippen molar-refractivity contribution in [1.82, 2.24) is 10.6 Å². The predicted molar refractivity (Wildman–Crippen MR) is 73.7 cm³/mol. The minimum atomic E-state index is -0.258. The molecule has 0 aromatic heterocycles. The summed E-state index contributed by atoms with van der Waals surface area (Å²) in [6, 6.07) is 0. The number of hydrogen-bond acceptors (Lipinski definition) is 3. The summed E-state index contributed by atoms with van der Waals surface area (Å²) in [6.07, 6.45) is 7.89. The number of amides is 2. The summed E-state index contributed by atoms with van der Waals surface area (Å²) in [5, 5.41) is 5.40. The van der Waals surface area contributed by atoms with Gasteiger partial charge >= 0.3 is 0 Å². The first-order valence-electron chi connectivity index (χ1n) is 6.92. The number of allylic oxidation sites excluding steroid dienone is 1. The Kier molecular flexibility index (Phi) is 7.89. The molecule has 0 radical (unpaired) electrons. The summed E-state index contributed by atoms with van der Waals surface area (Å²) in [7, 11) is 1.57. The van der Waals surface area contributed by atoms with Crippen LogP contribution in [-0.2, 0) is 14.3 Å². The van der Waals surface area contributed by atoms with E-state index >= 15 is 0 Å². The van der Waals surface area contributed by atoms with Crippen molar-refractivity contribution in [3.8, 4) is 0 Å². The zero-order valence-corrected chi connectivity index (χ0v) is 11.7. The van der Waals surface area contributed by atoms with Gasteiger partial charge in [-0.05, 0) is 32.1 Å². The van der Waals surface area contributed by atoms with Crippen LogP contribution in [0.3, 0.4) is 0 Å². The summed E-state index contributed by atoms with van der Waals surface area (Å²) in [4.78, 5) is 22.9. The maximum Gasteiger partial charge on any atom is 0.229 e. The van der Waals surface area contributed by atoms with Crippen molar-refractivity contribution in [3.63, 3.8) is 0 Å². The second-order valence-corrected chi connectivity index (χ2v) is 4.73. The van der Waals surface area contributed by atoms with Crippen molar-refractivity contribution < 1.29 is 14.3 Å². The largest absolute Gasteiger partial charge is 0.383 e. The van der Waals surface area contributed by atoms with E-state index in [9.17, 15) is 9.59 Å². The Bertz CT molecular complexity index is 327. The fraction of sp³-hybridized carbons (Fsp3) is 0.714. The number of hydrogen-bond donors (Lipinski definition) is 2. The molecule has 0 saturated carbocycles. The second-order valence-electron chi connectivity index (χ2n) is 4.73. The molecule has 0 aromatic rings. The Balaban J connectivity index is 2.07. The van der Waals surface area contributed by atoms with Crippen molar-refractivity contribution in [1.29, 1.82) is 0 Å². The van der Waals surface area contributed by atoms with Gasteiger partial charge in [0.2, 0.25) is 11.8 Å². The van der Waals surface area contributed by atoms with E-state index < -0.39 is 0 Å². The fourth-order valence-electron chi connectivity index (χ4n) is 2.06. The molecule has 0 heterocycles. The molecule has 0 spiro atoms. The summed E-state index contributed by atoms with van der Waals surface area (Å²) < 4.78 is 4.81. The van der Waals surface area contributed by atoms with Crippen molar-refractivity contribution in [2.75, 3.05) is 26.8 Å². The van der Waals surface area contributed by atoms with Gasteiger partial charge < -0.3 is 15.4 Å². The maximum absolute atomic E-state index is 11.5. The number of carbonyl (C=O) groups excluding carboxylic acids is 2. The molecule has 0 unspecified atom stereocenters. The van der Waals surface area contributed by atoms with E-state index in [1.807, 2.05) is 0 Å². The van der Waals surface area contributed by atoms with Crippen LogP contribution in [0.4, 0.5) is 0 Å². The van der Waals surface area contributed by atoms with Gasteiger partial charge in [0, 0.05) is 20.2 Å². The number of carbonyl (C=O) groups is 2. The molecule has 0 bridgehead atoms. The highest BCUT2D eigenvalue weighted by Crippen LogP contribution is 2.19. The third-order valence-corrected chi connectivity index (χ3v) is 3.10. The highest BCUT2D eigenvalue weighted by atomic mass is 16.5. The Labute approximate surface area is 114 Å². The summed E-state index contributed by atoms with van der Waals surface area (Å²) in [5.74, 6) is -0.474. The number of methoxy groups -OCH3 is 1. The molecule has 0 fully saturated rings. The van der Waals surface area contributed by atoms with Crippen LogP contribution in [0.5, 0.6) is 0 Å². The molecule has 19 heavy (non-hydrogen) atoms. The zero-order valence-electron chi connectivity index (χ0n) is 11.7. The predicted octanol–water partition coefficient (Wildman–Crippen LogP) is 1.15. The van der Waals surface area contributed by atoms with Crippen LogP contribution in [0.1, 0.15) is 38.5 Å². The average molecular weight is 268 g/mol. The Morgan fingerprint density at radius 3 is 2.58 bits per heavy atom. The van der Waals surface area contributed by atoms with Gasteiger partial charge in [-0.1, -0.05) is 11.6 Å². The fourth-order valence-corrected chi connectivity index (χ4v) is 2.06. The van der Waals surface area contributed by atoms with Crippen LogP contribution in [0.25, 0.3) is 0 Å². The van der Waals surface area contributed by atoms with Gasteiger partial charge in [-0.2, -0.15) is 0 Å². The molecule has 0 aliphatic heterocycles. The van der Waals surface area contributed by atoms with Gasteiger partial charge in [0.15, 0.2) is 0 Å². The highest BCUT2D eigenvalue weighted by molar-refractivity contribution is 5.96. The average Bonchev–Trinajstić information content (AvgIpc) is 2.40. The summed E-state index contributed by atoms with van der Waals surface area (Å²) in [5.41, 5.74) is 1.43. The van der Waals surface area contributed by atoms with E-state index in [1.54, 1.807) is 7.11 Å². The standard InChI is InChI=1S/C14H24N2O3/c1-19-10-9-16-14(18)11-13(17)15-8-7-12-5-3-2-4-6-12/h5H,2-4,6-11H2,1H3,(H,15,17)(H,16,18). The van der Waals surface area contributed by atoms with Crippen LogP contribution in [-0.4, -0.2) is 38.6 Å². The van der Waals surface area contributed by atoms with E-state index in [2.05, 4.69) is 16.7 Å². The molecule has 0 aromatic carbocycles. The van der Waals surface area contributed by atoms with Crippen LogP contribution >= 0.6 is 0 Å². The Morgan fingerprint density at radius 1 is 1.21 bits per heavy atom. The normalized spacial score (nSPS) is 14.7. The number of nitrogens with one attached hydrogen (secondary N) is 2. The maximum atomic E-state index is 11.5. The first kappa shape index (κ1) is 15.7. The molecular formula is C14H24N2O3. The minimum absolute atomic E-state index is 0.108. The molecule has 2 N–H and O–H groups in total. The van der Waals surface area contributed by atoms with E-state index in [0.29, 0.717) is 19.7 Å². The summed E-state index contributed by atoms with van der Waals surface area (Å²) in [6.45, 7) is 1.52. The van der Waals surface area contributed by atoms with Crippen molar-refractivity contribution >= 4 is 11.8 Å². The molecule has 5 nitrogen and oxygen atoms in total. The highest BCUT2D eigenvalue weighted by Gasteiger charge is 2.09. The minimum Gasteiger partial charge on any atom is -0.383 e. The van der Waals surface area contributed by atoms with Crippen molar-refractivity contribution in [3.05, 3.63) is 11.6 Å². The van der Waals surface area contributed by atoms with Gasteiger partial charge in [-0.15, -0.1) is 0 Å². The van der Waals surface area contributed by atoms with Gasteiger partial charge in [0.05, 0.1) is 6.61 Å². The SMILES string of the molecule is COCCNC(=O)CC(=O)NCCC1=CCCCC1. The van der Waals surface area contributed by atoms with Crippen LogP contribution in [0, 0.1) is 0 Å². The lowest BCUT2D eigenvalue weighted by atomic mass is 9.97. The third kappa shape index (κ3) is 7.62. The van der Waals surface area contributed by atoms with Crippen LogP contribution in [0.2, 0.25) is 0 Å². The van der Waals surface area contributed by atoms with E-state index in [1.165, 1.54) is 18.4 Å². The lowest BCUT2D eigenvalue weighted by Crippen LogP contribution is -2.33. The molecule has 2 amide bonds. The van der Waals surface area contributed by atoms with Gasteiger partial charge in [0.1, 0.15) is 6.42 Å². The Morgan fingerprint density at radius 2 is 1.95 bits per heavy atom. The molecule has 1 aliphatic carbocycles. The topological polar surface area (TPSA) is 67.4 Å². The summed E-state index contributed by atoms with van der Waals surface area (Å²) >= 11 is 0. The Hall–Kier alpha value is -1.36. The molecule has 1 aliphatic rings. The molecule has 0 atom stereocenters. The van der Waals surface area contributed by atoms with Crippen LogP contribution in [0.15, 0.2) is 11.6 Å². The lowest BCUT2D eigenvalue weighted by Gasteiger charge is -2.12. The van der Waals surface area contributed by atoms with E-state index in [4.69, 9.17) is 4.74 Å². The molecule has 5 heteroatoms. The molecular weight excluding hydrogens is 244 g/mol. The molecule has 0 saturated heterocycles. The van der Waals surface area contributed by atoms with Crippen LogP contribution < -0.4 is 10.6 Å². The van der Waals surface area contributed by atoms with Crippen molar-refractivity contribution in [2.45, 2.75) is 38.5 Å². The monoisotopic (exact) mass is 268 g/mol. The quantitative estimate of drug-likeness (QED) is 0.394. The third-order valence-electron chi connectivity index (χ3n) is 3.10. The van der Waals surface area contributed by atoms with E-state index in [0.717, 1.165) is 19.3 Å². The number of ether oxygens (including phenoxy) is 1. The lowest BCUT2D eigenvalue weighted by molar-refractivity contribution is -0.129. The van der Waals surface area contributed by atoms with E-state index in [-0.39, 0.29) is 18.2 Å².